The fourth-order valence-corrected chi connectivity index (χ4v) is 4.21. The van der Waals surface area contributed by atoms with Crippen molar-refractivity contribution < 1.29 is 47.6 Å². The third-order valence-electron chi connectivity index (χ3n) is 6.70. The molecule has 0 amide bonds. The maximum Gasteiger partial charge on any atom is 0.330 e. The number of carbonyl (C=O) groups is 4. The van der Waals surface area contributed by atoms with Gasteiger partial charge in [0.25, 0.3) is 0 Å². The van der Waals surface area contributed by atoms with Gasteiger partial charge < -0.3 is 28.4 Å². The van der Waals surface area contributed by atoms with Gasteiger partial charge in [-0.2, -0.15) is 0 Å². The van der Waals surface area contributed by atoms with Crippen LogP contribution in [-0.2, 0) is 47.6 Å². The van der Waals surface area contributed by atoms with Gasteiger partial charge in [0.05, 0.1) is 24.0 Å². The van der Waals surface area contributed by atoms with Crippen molar-refractivity contribution in [3.8, 4) is 0 Å². The lowest BCUT2D eigenvalue weighted by atomic mass is 9.77. The van der Waals surface area contributed by atoms with Crippen molar-refractivity contribution in [2.45, 2.75) is 105 Å². The minimum absolute atomic E-state index is 0.0982. The molecular weight excluding hydrogens is 484 g/mol. The lowest BCUT2D eigenvalue weighted by Crippen LogP contribution is -2.59. The summed E-state index contributed by atoms with van der Waals surface area (Å²) in [5, 5.41) is 0. The van der Waals surface area contributed by atoms with Crippen molar-refractivity contribution in [3.63, 3.8) is 0 Å². The Balaban J connectivity index is 2.46. The standard InChI is InChI=1S/C27H42O10/c1-15(34-21(29)24(2,3)4)18(35-22(30)25(5,6)7)14-17-12-16(13-19(28)32-10)20-27(33-11,37-17)26(8,9)23(31)36-20/h13,15,17-18,20H,12,14H2,1-11H3/b16-13-/t15-,17+,18-,20+,27-/m1/s1. The first-order chi connectivity index (χ1) is 16.8. The minimum atomic E-state index is -1.54. The summed E-state index contributed by atoms with van der Waals surface area (Å²) < 4.78 is 34.1. The molecule has 0 aromatic heterocycles. The Morgan fingerprint density at radius 3 is 2.05 bits per heavy atom. The molecule has 2 aliphatic rings. The number of esters is 4. The topological polar surface area (TPSA) is 124 Å². The first-order valence-electron chi connectivity index (χ1n) is 12.4. The van der Waals surface area contributed by atoms with Crippen LogP contribution < -0.4 is 0 Å². The summed E-state index contributed by atoms with van der Waals surface area (Å²) in [6, 6.07) is 0. The minimum Gasteiger partial charge on any atom is -0.466 e. The molecule has 0 bridgehead atoms. The van der Waals surface area contributed by atoms with Crippen molar-refractivity contribution in [3.05, 3.63) is 11.6 Å². The van der Waals surface area contributed by atoms with E-state index in [2.05, 4.69) is 0 Å². The largest absolute Gasteiger partial charge is 0.466 e. The SMILES string of the molecule is COC(=O)/C=C1/C[C@@H](C[C@@H](OC(=O)C(C)(C)C)[C@@H](C)OC(=O)C(C)(C)C)O[C@]2(OC)[C@H]1OC(=O)C2(C)C. The molecule has 10 heteroatoms. The number of hydrogen-bond acceptors (Lipinski definition) is 10. The molecule has 2 fully saturated rings. The van der Waals surface area contributed by atoms with E-state index >= 15 is 0 Å². The molecule has 0 spiro atoms. The lowest BCUT2D eigenvalue weighted by molar-refractivity contribution is -0.311. The van der Waals surface area contributed by atoms with Crippen molar-refractivity contribution in [2.24, 2.45) is 16.2 Å². The molecule has 2 rings (SSSR count). The summed E-state index contributed by atoms with van der Waals surface area (Å²) >= 11 is 0. The molecular formula is C27H42O10. The van der Waals surface area contributed by atoms with Gasteiger partial charge in [-0.3, -0.25) is 14.4 Å². The number of fused-ring (bicyclic) bond motifs is 1. The second-order valence-corrected chi connectivity index (χ2v) is 12.3. The average molecular weight is 527 g/mol. The van der Waals surface area contributed by atoms with Crippen LogP contribution >= 0.6 is 0 Å². The van der Waals surface area contributed by atoms with Gasteiger partial charge >= 0.3 is 23.9 Å². The summed E-state index contributed by atoms with van der Waals surface area (Å²) in [5.41, 5.74) is -2.34. The molecule has 0 aromatic rings. The molecule has 210 valence electrons. The van der Waals surface area contributed by atoms with Gasteiger partial charge in [-0.05, 0) is 74.3 Å². The van der Waals surface area contributed by atoms with Crippen LogP contribution in [0.15, 0.2) is 11.6 Å². The Kier molecular flexibility index (Phi) is 8.92. The first kappa shape index (κ1) is 30.8. The number of rotatable bonds is 7. The van der Waals surface area contributed by atoms with E-state index in [1.54, 1.807) is 62.3 Å². The van der Waals surface area contributed by atoms with E-state index in [1.807, 2.05) is 0 Å². The highest BCUT2D eigenvalue weighted by molar-refractivity contribution is 5.85. The quantitative estimate of drug-likeness (QED) is 0.277. The molecule has 2 saturated heterocycles. The zero-order chi connectivity index (χ0) is 28.6. The van der Waals surface area contributed by atoms with Crippen LogP contribution in [0.3, 0.4) is 0 Å². The van der Waals surface area contributed by atoms with Crippen LogP contribution in [0.5, 0.6) is 0 Å². The Morgan fingerprint density at radius 1 is 1.03 bits per heavy atom. The van der Waals surface area contributed by atoms with Gasteiger partial charge in [0.1, 0.15) is 17.6 Å². The number of methoxy groups -OCH3 is 2. The summed E-state index contributed by atoms with van der Waals surface area (Å²) in [6.45, 7) is 15.3. The molecule has 0 aliphatic carbocycles. The number of carbonyl (C=O) groups excluding carboxylic acids is 4. The van der Waals surface area contributed by atoms with Crippen LogP contribution in [-0.4, -0.2) is 68.3 Å². The van der Waals surface area contributed by atoms with Crippen molar-refractivity contribution in [1.82, 2.24) is 0 Å². The van der Waals surface area contributed by atoms with Crippen molar-refractivity contribution in [1.29, 1.82) is 0 Å². The predicted octanol–water partition coefficient (Wildman–Crippen LogP) is 3.49. The van der Waals surface area contributed by atoms with E-state index in [1.165, 1.54) is 20.3 Å². The van der Waals surface area contributed by atoms with Gasteiger partial charge in [-0.15, -0.1) is 0 Å². The zero-order valence-electron chi connectivity index (χ0n) is 23.9. The molecule has 10 nitrogen and oxygen atoms in total. The van der Waals surface area contributed by atoms with Crippen LogP contribution in [0.2, 0.25) is 0 Å². The Morgan fingerprint density at radius 2 is 1.57 bits per heavy atom. The van der Waals surface area contributed by atoms with Gasteiger partial charge in [-0.25, -0.2) is 4.79 Å². The van der Waals surface area contributed by atoms with E-state index < -0.39 is 70.3 Å². The lowest BCUT2D eigenvalue weighted by Gasteiger charge is -2.46. The highest BCUT2D eigenvalue weighted by atomic mass is 16.7. The van der Waals surface area contributed by atoms with Gasteiger partial charge in [0.2, 0.25) is 5.79 Å². The van der Waals surface area contributed by atoms with Gasteiger partial charge in [0, 0.05) is 19.6 Å². The first-order valence-corrected chi connectivity index (χ1v) is 12.4. The van der Waals surface area contributed by atoms with E-state index in [9.17, 15) is 19.2 Å². The highest BCUT2D eigenvalue weighted by Gasteiger charge is 2.68. The molecule has 0 saturated carbocycles. The van der Waals surface area contributed by atoms with E-state index in [0.29, 0.717) is 5.57 Å². The number of ether oxygens (including phenoxy) is 6. The Hall–Kier alpha value is -2.46. The van der Waals surface area contributed by atoms with Crippen LogP contribution in [0.4, 0.5) is 0 Å². The third kappa shape index (κ3) is 6.34. The Labute approximate surface area is 219 Å². The predicted molar refractivity (Wildman–Crippen MR) is 132 cm³/mol. The second-order valence-electron chi connectivity index (χ2n) is 12.3. The molecule has 37 heavy (non-hydrogen) atoms. The van der Waals surface area contributed by atoms with E-state index in [4.69, 9.17) is 28.4 Å². The average Bonchev–Trinajstić information content (AvgIpc) is 2.97. The monoisotopic (exact) mass is 526 g/mol. The molecule has 0 N–H and O–H groups in total. The number of hydrogen-bond donors (Lipinski definition) is 0. The normalized spacial score (nSPS) is 28.1. The third-order valence-corrected chi connectivity index (χ3v) is 6.70. The summed E-state index contributed by atoms with van der Waals surface area (Å²) in [5.74, 6) is -3.63. The molecule has 5 atom stereocenters. The smallest absolute Gasteiger partial charge is 0.330 e. The van der Waals surface area contributed by atoms with Crippen LogP contribution in [0.1, 0.15) is 75.2 Å². The van der Waals surface area contributed by atoms with Crippen LogP contribution in [0.25, 0.3) is 0 Å². The zero-order valence-corrected chi connectivity index (χ0v) is 23.9. The fourth-order valence-electron chi connectivity index (χ4n) is 4.21. The molecule has 2 aliphatic heterocycles. The van der Waals surface area contributed by atoms with Gasteiger partial charge in [-0.1, -0.05) is 0 Å². The summed E-state index contributed by atoms with van der Waals surface area (Å²) in [6.07, 6.45) is -1.81. The maximum atomic E-state index is 12.8. The van der Waals surface area contributed by atoms with Crippen molar-refractivity contribution >= 4 is 23.9 Å². The highest BCUT2D eigenvalue weighted by Crippen LogP contribution is 2.53. The van der Waals surface area contributed by atoms with Gasteiger partial charge in [0.15, 0.2) is 6.10 Å². The van der Waals surface area contributed by atoms with E-state index in [-0.39, 0.29) is 12.8 Å². The molecule has 0 unspecified atom stereocenters. The molecule has 2 heterocycles. The summed E-state index contributed by atoms with van der Waals surface area (Å²) in [4.78, 5) is 50.4. The maximum absolute atomic E-state index is 12.8. The molecule has 0 aromatic carbocycles. The fraction of sp³-hybridized carbons (Fsp3) is 0.778. The summed E-state index contributed by atoms with van der Waals surface area (Å²) in [7, 11) is 2.65. The Bertz CT molecular complexity index is 936. The van der Waals surface area contributed by atoms with Crippen LogP contribution in [0, 0.1) is 16.2 Å². The second kappa shape index (κ2) is 10.7. The molecule has 0 radical (unpaired) electrons. The van der Waals surface area contributed by atoms with E-state index in [0.717, 1.165) is 0 Å². The van der Waals surface area contributed by atoms with Crippen molar-refractivity contribution in [2.75, 3.05) is 14.2 Å².